The molecule has 1 spiro atoms. The Labute approximate surface area is 201 Å². The Balaban J connectivity index is 1.22. The van der Waals surface area contributed by atoms with Crippen molar-refractivity contribution in [1.29, 1.82) is 0 Å². The van der Waals surface area contributed by atoms with Crippen molar-refractivity contribution in [3.63, 3.8) is 0 Å². The third-order valence-corrected chi connectivity index (χ3v) is 7.51. The molecule has 0 radical (unpaired) electrons. The van der Waals surface area contributed by atoms with E-state index in [0.717, 1.165) is 25.7 Å². The van der Waals surface area contributed by atoms with Gasteiger partial charge in [-0.3, -0.25) is 14.4 Å². The minimum atomic E-state index is -0.500. The Morgan fingerprint density at radius 1 is 1.09 bits per heavy atom. The molecule has 1 aromatic heterocycles. The van der Waals surface area contributed by atoms with Crippen LogP contribution in [-0.2, 0) is 4.79 Å². The lowest BCUT2D eigenvalue weighted by atomic mass is 9.67. The zero-order valence-corrected chi connectivity index (χ0v) is 19.5. The van der Waals surface area contributed by atoms with Crippen LogP contribution in [0.4, 0.5) is 10.1 Å². The zero-order chi connectivity index (χ0) is 23.9. The first-order valence-electron chi connectivity index (χ1n) is 11.8. The summed E-state index contributed by atoms with van der Waals surface area (Å²) in [5.74, 6) is -1.13. The Kier molecular flexibility index (Phi) is 6.06. The molecule has 2 heterocycles. The van der Waals surface area contributed by atoms with Gasteiger partial charge in [-0.25, -0.2) is 9.37 Å². The molecule has 3 aliphatic rings. The Hall–Kier alpha value is -2.94. The van der Waals surface area contributed by atoms with Crippen LogP contribution in [0.2, 0.25) is 5.02 Å². The highest BCUT2D eigenvalue weighted by atomic mass is 35.5. The highest BCUT2D eigenvalue weighted by Crippen LogP contribution is 2.46. The third-order valence-electron chi connectivity index (χ3n) is 7.21. The molecule has 1 saturated heterocycles. The summed E-state index contributed by atoms with van der Waals surface area (Å²) in [6.45, 7) is 0.553. The van der Waals surface area contributed by atoms with E-state index in [-0.39, 0.29) is 46.2 Å². The van der Waals surface area contributed by atoms with E-state index in [2.05, 4.69) is 20.6 Å². The number of carbonyl (C=O) groups excluding carboxylic acids is 3. The van der Waals surface area contributed by atoms with Crippen LogP contribution < -0.4 is 15.5 Å². The first-order valence-corrected chi connectivity index (χ1v) is 12.2. The fraction of sp³-hybridized carbons (Fsp3) is 0.500. The molecule has 2 aliphatic carbocycles. The number of nitrogens with one attached hydrogen (secondary N) is 3. The van der Waals surface area contributed by atoms with Crippen molar-refractivity contribution in [1.82, 2.24) is 20.6 Å². The third kappa shape index (κ3) is 4.41. The molecular formula is C24H27ClFN5O3. The van der Waals surface area contributed by atoms with Crippen molar-refractivity contribution in [3.05, 3.63) is 46.8 Å². The van der Waals surface area contributed by atoms with Gasteiger partial charge in [0.1, 0.15) is 11.5 Å². The molecule has 3 N–H and O–H groups in total. The first kappa shape index (κ1) is 22.8. The topological polar surface area (TPSA) is 107 Å². The minimum Gasteiger partial charge on any atom is -0.348 e. The van der Waals surface area contributed by atoms with Crippen LogP contribution in [0, 0.1) is 11.2 Å². The summed E-state index contributed by atoms with van der Waals surface area (Å²) in [6.07, 6.45) is 7.46. The highest BCUT2D eigenvalue weighted by molar-refractivity contribution is 6.33. The lowest BCUT2D eigenvalue weighted by Gasteiger charge is -2.45. The lowest BCUT2D eigenvalue weighted by Crippen LogP contribution is -2.52. The first-order chi connectivity index (χ1) is 16.4. The minimum absolute atomic E-state index is 0.0182. The second-order valence-electron chi connectivity index (χ2n) is 9.56. The van der Waals surface area contributed by atoms with Crippen LogP contribution in [0.1, 0.15) is 72.3 Å². The number of aromatic amines is 1. The largest absolute Gasteiger partial charge is 0.348 e. The number of hydrogen-bond acceptors (Lipinski definition) is 4. The predicted molar refractivity (Wildman–Crippen MR) is 124 cm³/mol. The Bertz CT molecular complexity index is 1120. The van der Waals surface area contributed by atoms with Crippen LogP contribution in [-0.4, -0.2) is 46.3 Å². The van der Waals surface area contributed by atoms with E-state index in [1.54, 1.807) is 11.0 Å². The van der Waals surface area contributed by atoms with E-state index in [1.165, 1.54) is 18.5 Å². The van der Waals surface area contributed by atoms with Gasteiger partial charge in [-0.1, -0.05) is 11.6 Å². The number of halogens is 2. The number of amides is 3. The molecule has 8 nitrogen and oxygen atoms in total. The maximum Gasteiger partial charge on any atom is 0.272 e. The standard InChI is InChI=1S/C24H27ClFN5O3/c25-17-12-14(26)2-5-18(17)31-11-1-8-24(23(31)34)9-6-16(7-10-24)30-22(33)20-19(27-13-28-20)21(32)29-15-3-4-15/h2,5,12-13,15-16H,1,3-4,6-11H2,(H,27,28)(H,29,32)(H,30,33). The summed E-state index contributed by atoms with van der Waals surface area (Å²) in [5.41, 5.74) is 0.301. The van der Waals surface area contributed by atoms with E-state index in [0.29, 0.717) is 37.9 Å². The van der Waals surface area contributed by atoms with Crippen LogP contribution in [0.15, 0.2) is 24.5 Å². The second kappa shape index (κ2) is 9.02. The molecule has 2 saturated carbocycles. The van der Waals surface area contributed by atoms with Crippen molar-refractivity contribution in [2.45, 2.75) is 63.5 Å². The molecule has 5 rings (SSSR count). The van der Waals surface area contributed by atoms with Crippen LogP contribution in [0.3, 0.4) is 0 Å². The summed E-state index contributed by atoms with van der Waals surface area (Å²) in [7, 11) is 0. The number of aromatic nitrogens is 2. The quantitative estimate of drug-likeness (QED) is 0.599. The van der Waals surface area contributed by atoms with E-state index >= 15 is 0 Å². The molecular weight excluding hydrogens is 461 g/mol. The molecule has 2 aromatic rings. The average Bonchev–Trinajstić information content (AvgIpc) is 3.48. The van der Waals surface area contributed by atoms with Gasteiger partial charge in [-0.2, -0.15) is 0 Å². The van der Waals surface area contributed by atoms with E-state index in [9.17, 15) is 18.8 Å². The number of piperidine rings is 1. The molecule has 3 amide bonds. The summed E-state index contributed by atoms with van der Waals surface area (Å²) >= 11 is 6.23. The van der Waals surface area contributed by atoms with E-state index in [1.807, 2.05) is 0 Å². The lowest BCUT2D eigenvalue weighted by molar-refractivity contribution is -0.132. The summed E-state index contributed by atoms with van der Waals surface area (Å²) < 4.78 is 13.5. The number of rotatable bonds is 5. The van der Waals surface area contributed by atoms with Gasteiger partial charge in [-0.15, -0.1) is 0 Å². The number of carbonyl (C=O) groups is 3. The average molecular weight is 488 g/mol. The Morgan fingerprint density at radius 3 is 2.50 bits per heavy atom. The summed E-state index contributed by atoms with van der Waals surface area (Å²) in [4.78, 5) is 47.2. The molecule has 0 unspecified atom stereocenters. The van der Waals surface area contributed by atoms with Crippen molar-refractivity contribution in [2.24, 2.45) is 5.41 Å². The van der Waals surface area contributed by atoms with Crippen molar-refractivity contribution in [2.75, 3.05) is 11.4 Å². The predicted octanol–water partition coefficient (Wildman–Crippen LogP) is 3.58. The number of H-pyrrole nitrogens is 1. The fourth-order valence-electron chi connectivity index (χ4n) is 5.16. The van der Waals surface area contributed by atoms with Crippen LogP contribution >= 0.6 is 11.6 Å². The highest BCUT2D eigenvalue weighted by Gasteiger charge is 2.47. The SMILES string of the molecule is O=C(NC1CC1)c1nc[nH]c1C(=O)NC1CCC2(CCCN(c3ccc(F)cc3Cl)C2=O)CC1. The number of anilines is 1. The molecule has 1 aliphatic heterocycles. The zero-order valence-electron chi connectivity index (χ0n) is 18.7. The molecule has 180 valence electrons. The maximum absolute atomic E-state index is 13.5. The number of hydrogen-bond donors (Lipinski definition) is 3. The van der Waals surface area contributed by atoms with Gasteiger partial charge >= 0.3 is 0 Å². The van der Waals surface area contributed by atoms with Gasteiger partial charge in [0.05, 0.1) is 17.0 Å². The molecule has 1 aromatic carbocycles. The molecule has 0 bridgehead atoms. The number of benzene rings is 1. The van der Waals surface area contributed by atoms with Crippen LogP contribution in [0.25, 0.3) is 0 Å². The van der Waals surface area contributed by atoms with Gasteiger partial charge in [0.25, 0.3) is 11.8 Å². The molecule has 3 fully saturated rings. The Morgan fingerprint density at radius 2 is 1.79 bits per heavy atom. The molecule has 10 heteroatoms. The van der Waals surface area contributed by atoms with Gasteiger partial charge < -0.3 is 20.5 Å². The number of nitrogens with zero attached hydrogens (tertiary/aromatic N) is 2. The maximum atomic E-state index is 13.5. The van der Waals surface area contributed by atoms with Crippen molar-refractivity contribution >= 4 is 35.0 Å². The van der Waals surface area contributed by atoms with Gasteiger partial charge in [0.15, 0.2) is 5.69 Å². The van der Waals surface area contributed by atoms with E-state index < -0.39 is 11.2 Å². The normalized spacial score (nSPS) is 24.8. The summed E-state index contributed by atoms with van der Waals surface area (Å²) in [6, 6.07) is 4.18. The second-order valence-corrected chi connectivity index (χ2v) is 9.97. The van der Waals surface area contributed by atoms with Crippen molar-refractivity contribution < 1.29 is 18.8 Å². The monoisotopic (exact) mass is 487 g/mol. The fourth-order valence-corrected chi connectivity index (χ4v) is 5.43. The molecule has 34 heavy (non-hydrogen) atoms. The smallest absolute Gasteiger partial charge is 0.272 e. The van der Waals surface area contributed by atoms with Gasteiger partial charge in [-0.05, 0) is 69.6 Å². The summed E-state index contributed by atoms with van der Waals surface area (Å²) in [5, 5.41) is 6.08. The molecule has 0 atom stereocenters. The van der Waals surface area contributed by atoms with E-state index in [4.69, 9.17) is 11.6 Å². The van der Waals surface area contributed by atoms with Gasteiger partial charge in [0.2, 0.25) is 5.91 Å². The van der Waals surface area contributed by atoms with Crippen LogP contribution in [0.5, 0.6) is 0 Å². The van der Waals surface area contributed by atoms with Crippen molar-refractivity contribution in [3.8, 4) is 0 Å². The van der Waals surface area contributed by atoms with Gasteiger partial charge in [0, 0.05) is 24.0 Å². The number of imidazole rings is 1.